The Morgan fingerprint density at radius 2 is 1.91 bits per heavy atom. The Bertz CT molecular complexity index is 882. The normalized spacial score (nSPS) is 16.0. The number of morpholine rings is 1. The van der Waals surface area contributed by atoms with Gasteiger partial charge in [0.15, 0.2) is 5.11 Å². The van der Waals surface area contributed by atoms with E-state index in [2.05, 4.69) is 29.4 Å². The van der Waals surface area contributed by atoms with Crippen LogP contribution in [0.3, 0.4) is 0 Å². The summed E-state index contributed by atoms with van der Waals surface area (Å²) in [7, 11) is -3.68. The Labute approximate surface area is 197 Å². The molecule has 0 aliphatic carbocycles. The molecule has 1 heterocycles. The molecule has 2 rings (SSSR count). The van der Waals surface area contributed by atoms with Crippen molar-refractivity contribution >= 4 is 33.3 Å². The van der Waals surface area contributed by atoms with Crippen LogP contribution < -0.4 is 10.6 Å². The van der Waals surface area contributed by atoms with E-state index in [1.165, 1.54) is 16.4 Å². The van der Waals surface area contributed by atoms with Crippen molar-refractivity contribution in [1.29, 1.82) is 0 Å². The van der Waals surface area contributed by atoms with E-state index in [0.717, 1.165) is 32.5 Å². The molecule has 2 N–H and O–H groups in total. The molecule has 1 unspecified atom stereocenters. The summed E-state index contributed by atoms with van der Waals surface area (Å²) in [6, 6.07) is 4.72. The van der Waals surface area contributed by atoms with Gasteiger partial charge in [-0.2, -0.15) is 4.31 Å². The molecular weight excluding hydrogens is 448 g/mol. The van der Waals surface area contributed by atoms with Gasteiger partial charge in [-0.3, -0.25) is 10.1 Å². The summed E-state index contributed by atoms with van der Waals surface area (Å²) >= 11 is 5.31. The van der Waals surface area contributed by atoms with E-state index in [1.807, 2.05) is 6.92 Å². The molecule has 0 spiro atoms. The Morgan fingerprint density at radius 3 is 2.53 bits per heavy atom. The van der Waals surface area contributed by atoms with Gasteiger partial charge in [0.2, 0.25) is 10.0 Å². The van der Waals surface area contributed by atoms with Crippen molar-refractivity contribution < 1.29 is 17.9 Å². The fraction of sp³-hybridized carbons (Fsp3) is 0.636. The van der Waals surface area contributed by atoms with E-state index in [0.29, 0.717) is 31.9 Å². The van der Waals surface area contributed by atoms with Crippen molar-refractivity contribution in [1.82, 2.24) is 19.8 Å². The standard InChI is InChI=1S/C22H36N4O4S2/c1-5-25(6-2)11-7-8-18(4)23-22(31)24-21(27)20-16-19(10-9-17(20)3)32(28,29)26-12-14-30-15-13-26/h9-10,16,18H,5-8,11-15H2,1-4H3,(H2,23,24,27,31). The van der Waals surface area contributed by atoms with Gasteiger partial charge in [-0.15, -0.1) is 0 Å². The summed E-state index contributed by atoms with van der Waals surface area (Å²) in [5, 5.41) is 6.08. The number of aryl methyl sites for hydroxylation is 1. The number of nitrogens with one attached hydrogen (secondary N) is 2. The minimum absolute atomic E-state index is 0.0961. The minimum atomic E-state index is -3.68. The van der Waals surface area contributed by atoms with E-state index in [9.17, 15) is 13.2 Å². The molecule has 0 bridgehead atoms. The van der Waals surface area contributed by atoms with Crippen LogP contribution in [0.15, 0.2) is 23.1 Å². The molecule has 1 aliphatic heterocycles. The number of carbonyl (C=O) groups excluding carboxylic acids is 1. The Hall–Kier alpha value is -1.59. The molecule has 0 saturated carbocycles. The van der Waals surface area contributed by atoms with E-state index in [4.69, 9.17) is 17.0 Å². The highest BCUT2D eigenvalue weighted by Gasteiger charge is 2.27. The zero-order valence-corrected chi connectivity index (χ0v) is 21.2. The van der Waals surface area contributed by atoms with Gasteiger partial charge in [0, 0.05) is 24.7 Å². The lowest BCUT2D eigenvalue weighted by molar-refractivity contribution is 0.0730. The number of sulfonamides is 1. The van der Waals surface area contributed by atoms with Crippen LogP contribution in [0.1, 0.15) is 49.5 Å². The van der Waals surface area contributed by atoms with Crippen LogP contribution in [0.25, 0.3) is 0 Å². The quantitative estimate of drug-likeness (QED) is 0.492. The van der Waals surface area contributed by atoms with E-state index >= 15 is 0 Å². The lowest BCUT2D eigenvalue weighted by Gasteiger charge is -2.26. The number of nitrogens with zero attached hydrogens (tertiary/aromatic N) is 2. The predicted octanol–water partition coefficient (Wildman–Crippen LogP) is 2.13. The lowest BCUT2D eigenvalue weighted by atomic mass is 10.1. The number of rotatable bonds is 10. The maximum atomic E-state index is 12.9. The first-order valence-electron chi connectivity index (χ1n) is 11.2. The van der Waals surface area contributed by atoms with Gasteiger partial charge in [-0.05, 0) is 76.2 Å². The molecule has 0 aromatic heterocycles. The van der Waals surface area contributed by atoms with Gasteiger partial charge < -0.3 is 15.0 Å². The number of benzene rings is 1. The van der Waals surface area contributed by atoms with Gasteiger partial charge >= 0.3 is 0 Å². The van der Waals surface area contributed by atoms with Crippen LogP contribution >= 0.6 is 12.2 Å². The highest BCUT2D eigenvalue weighted by Crippen LogP contribution is 2.20. The predicted molar refractivity (Wildman–Crippen MR) is 130 cm³/mol. The zero-order valence-electron chi connectivity index (χ0n) is 19.5. The number of hydrogen-bond donors (Lipinski definition) is 2. The number of ether oxygens (including phenoxy) is 1. The minimum Gasteiger partial charge on any atom is -0.379 e. The topological polar surface area (TPSA) is 91.0 Å². The van der Waals surface area contributed by atoms with Crippen molar-refractivity contribution in [2.24, 2.45) is 0 Å². The molecule has 1 amide bonds. The summed E-state index contributed by atoms with van der Waals surface area (Å²) < 4.78 is 32.5. The summed E-state index contributed by atoms with van der Waals surface area (Å²) in [5.74, 6) is -0.422. The molecular formula is C22H36N4O4S2. The number of thiocarbonyl (C=S) groups is 1. The fourth-order valence-electron chi connectivity index (χ4n) is 3.61. The van der Waals surface area contributed by atoms with Gasteiger partial charge in [-0.1, -0.05) is 19.9 Å². The van der Waals surface area contributed by atoms with Crippen LogP contribution in [0.4, 0.5) is 0 Å². The molecule has 1 aromatic carbocycles. The van der Waals surface area contributed by atoms with Crippen molar-refractivity contribution in [2.45, 2.75) is 51.5 Å². The van der Waals surface area contributed by atoms with Crippen LogP contribution in [0, 0.1) is 6.92 Å². The maximum Gasteiger partial charge on any atom is 0.257 e. The van der Waals surface area contributed by atoms with Crippen molar-refractivity contribution in [2.75, 3.05) is 45.9 Å². The van der Waals surface area contributed by atoms with Crippen molar-refractivity contribution in [3.8, 4) is 0 Å². The highest BCUT2D eigenvalue weighted by atomic mass is 32.2. The summed E-state index contributed by atoms with van der Waals surface area (Å²) in [6.45, 7) is 12.5. The molecule has 180 valence electrons. The number of hydrogen-bond acceptors (Lipinski definition) is 6. The average molecular weight is 485 g/mol. The first kappa shape index (κ1) is 26.7. The van der Waals surface area contributed by atoms with Gasteiger partial charge in [-0.25, -0.2) is 8.42 Å². The second kappa shape index (κ2) is 12.6. The first-order valence-corrected chi connectivity index (χ1v) is 13.1. The smallest absolute Gasteiger partial charge is 0.257 e. The molecule has 1 aliphatic rings. The lowest BCUT2D eigenvalue weighted by Crippen LogP contribution is -2.43. The zero-order chi connectivity index (χ0) is 23.7. The second-order valence-corrected chi connectivity index (χ2v) is 10.3. The fourth-order valence-corrected chi connectivity index (χ4v) is 5.33. The molecule has 0 radical (unpaired) electrons. The van der Waals surface area contributed by atoms with Crippen LogP contribution in [-0.2, 0) is 14.8 Å². The molecule has 1 saturated heterocycles. The van der Waals surface area contributed by atoms with E-state index in [1.54, 1.807) is 13.0 Å². The third-order valence-electron chi connectivity index (χ3n) is 5.67. The second-order valence-electron chi connectivity index (χ2n) is 7.99. The monoisotopic (exact) mass is 484 g/mol. The maximum absolute atomic E-state index is 12.9. The first-order chi connectivity index (χ1) is 15.2. The SMILES string of the molecule is CCN(CC)CCCC(C)NC(=S)NC(=O)c1cc(S(=O)(=O)N2CCOCC2)ccc1C. The molecule has 1 fully saturated rings. The third-order valence-corrected chi connectivity index (χ3v) is 7.79. The van der Waals surface area contributed by atoms with Crippen LogP contribution in [0.5, 0.6) is 0 Å². The summed E-state index contributed by atoms with van der Waals surface area (Å²) in [4.78, 5) is 15.3. The Kier molecular flexibility index (Phi) is 10.5. The summed E-state index contributed by atoms with van der Waals surface area (Å²) in [5.41, 5.74) is 0.969. The Balaban J connectivity index is 1.97. The van der Waals surface area contributed by atoms with Crippen LogP contribution in [0.2, 0.25) is 0 Å². The van der Waals surface area contributed by atoms with Crippen molar-refractivity contribution in [3.05, 3.63) is 29.3 Å². The molecule has 10 heteroatoms. The molecule has 1 atom stereocenters. The largest absolute Gasteiger partial charge is 0.379 e. The van der Waals surface area contributed by atoms with Gasteiger partial charge in [0.25, 0.3) is 5.91 Å². The van der Waals surface area contributed by atoms with E-state index in [-0.39, 0.29) is 21.6 Å². The van der Waals surface area contributed by atoms with Gasteiger partial charge in [0.1, 0.15) is 0 Å². The molecule has 8 nitrogen and oxygen atoms in total. The Morgan fingerprint density at radius 1 is 1.25 bits per heavy atom. The highest BCUT2D eigenvalue weighted by molar-refractivity contribution is 7.89. The van der Waals surface area contributed by atoms with E-state index < -0.39 is 15.9 Å². The average Bonchev–Trinajstić information content (AvgIpc) is 2.77. The molecule has 1 aromatic rings. The third kappa shape index (κ3) is 7.48. The number of carbonyl (C=O) groups is 1. The molecule has 32 heavy (non-hydrogen) atoms. The summed E-state index contributed by atoms with van der Waals surface area (Å²) in [6.07, 6.45) is 1.96. The number of amides is 1. The van der Waals surface area contributed by atoms with Crippen LogP contribution in [-0.4, -0.2) is 80.6 Å². The van der Waals surface area contributed by atoms with Gasteiger partial charge in [0.05, 0.1) is 18.1 Å². The van der Waals surface area contributed by atoms with Crippen molar-refractivity contribution in [3.63, 3.8) is 0 Å².